The average Bonchev–Trinajstić information content (AvgIpc) is 3.23. The summed E-state index contributed by atoms with van der Waals surface area (Å²) in [6.07, 6.45) is 1.57. The van der Waals surface area contributed by atoms with Gasteiger partial charge in [0.15, 0.2) is 5.82 Å². The molecule has 1 aliphatic rings. The molecule has 0 bridgehead atoms. The van der Waals surface area contributed by atoms with Crippen molar-refractivity contribution >= 4 is 17.6 Å². The third-order valence-electron chi connectivity index (χ3n) is 6.61. The van der Waals surface area contributed by atoms with E-state index in [1.807, 2.05) is 48.2 Å². The summed E-state index contributed by atoms with van der Waals surface area (Å²) >= 11 is 0. The first-order valence-electron chi connectivity index (χ1n) is 13.0. The van der Waals surface area contributed by atoms with Gasteiger partial charge in [-0.25, -0.2) is 0 Å². The minimum Gasteiger partial charge on any atom is -0.497 e. The molecule has 1 fully saturated rings. The third-order valence-corrected chi connectivity index (χ3v) is 6.61. The maximum Gasteiger partial charge on any atom is 0.254 e. The molecule has 9 nitrogen and oxygen atoms in total. The van der Waals surface area contributed by atoms with Crippen molar-refractivity contribution in [2.24, 2.45) is 0 Å². The Morgan fingerprint density at radius 3 is 2.37 bits per heavy atom. The van der Waals surface area contributed by atoms with E-state index in [-0.39, 0.29) is 18.4 Å². The van der Waals surface area contributed by atoms with Crippen LogP contribution < -0.4 is 14.4 Å². The van der Waals surface area contributed by atoms with Gasteiger partial charge in [-0.2, -0.15) is 0 Å². The molecule has 0 unspecified atom stereocenters. The van der Waals surface area contributed by atoms with Gasteiger partial charge in [0.2, 0.25) is 5.91 Å². The highest BCUT2D eigenvalue weighted by molar-refractivity contribution is 5.96. The predicted molar refractivity (Wildman–Crippen MR) is 147 cm³/mol. The molecule has 2 amide bonds. The lowest BCUT2D eigenvalue weighted by Gasteiger charge is -2.27. The van der Waals surface area contributed by atoms with Gasteiger partial charge >= 0.3 is 0 Å². The van der Waals surface area contributed by atoms with Crippen LogP contribution in [0.1, 0.15) is 30.1 Å². The van der Waals surface area contributed by atoms with Gasteiger partial charge in [-0.3, -0.25) is 9.59 Å². The van der Waals surface area contributed by atoms with Crippen LogP contribution in [0.3, 0.4) is 0 Å². The Morgan fingerprint density at radius 1 is 0.895 bits per heavy atom. The van der Waals surface area contributed by atoms with Crippen molar-refractivity contribution in [2.45, 2.75) is 19.8 Å². The van der Waals surface area contributed by atoms with E-state index in [9.17, 15) is 9.59 Å². The summed E-state index contributed by atoms with van der Waals surface area (Å²) in [5, 5.41) is 8.88. The van der Waals surface area contributed by atoms with Crippen molar-refractivity contribution in [3.8, 4) is 22.8 Å². The van der Waals surface area contributed by atoms with Crippen LogP contribution in [0.4, 0.5) is 5.82 Å². The highest BCUT2D eigenvalue weighted by Gasteiger charge is 2.24. The fraction of sp³-hybridized carbons (Fsp3) is 0.379. The molecule has 0 radical (unpaired) electrons. The van der Waals surface area contributed by atoms with Crippen LogP contribution >= 0.6 is 0 Å². The van der Waals surface area contributed by atoms with E-state index in [2.05, 4.69) is 15.1 Å². The summed E-state index contributed by atoms with van der Waals surface area (Å²) in [5.74, 6) is 1.96. The molecule has 38 heavy (non-hydrogen) atoms. The van der Waals surface area contributed by atoms with Crippen LogP contribution in [-0.2, 0) is 4.79 Å². The molecule has 1 aliphatic heterocycles. The van der Waals surface area contributed by atoms with Crippen molar-refractivity contribution in [1.29, 1.82) is 0 Å². The van der Waals surface area contributed by atoms with Gasteiger partial charge in [-0.15, -0.1) is 10.2 Å². The Kier molecular flexibility index (Phi) is 9.13. The minimum atomic E-state index is -0.165. The number of nitrogens with zero attached hydrogens (tertiary/aromatic N) is 5. The smallest absolute Gasteiger partial charge is 0.254 e. The SMILES string of the molecule is CCCN(CC(=O)N1CCCN(c2ccc(-c3cccc(OC)c3)nn2)CC1)C(=O)c1cccc(OC)c1. The molecule has 4 rings (SSSR count). The van der Waals surface area contributed by atoms with Crippen LogP contribution in [0.2, 0.25) is 0 Å². The zero-order chi connectivity index (χ0) is 26.9. The number of carbonyl (C=O) groups excluding carboxylic acids is 2. The fourth-order valence-electron chi connectivity index (χ4n) is 4.55. The second kappa shape index (κ2) is 12.9. The van der Waals surface area contributed by atoms with Crippen LogP contribution in [0.15, 0.2) is 60.7 Å². The largest absolute Gasteiger partial charge is 0.497 e. The Bertz CT molecular complexity index is 1230. The number of hydrogen-bond donors (Lipinski definition) is 0. The quantitative estimate of drug-likeness (QED) is 0.427. The number of aromatic nitrogens is 2. The summed E-state index contributed by atoms with van der Waals surface area (Å²) in [7, 11) is 3.21. The van der Waals surface area contributed by atoms with Gasteiger partial charge in [0, 0.05) is 43.9 Å². The van der Waals surface area contributed by atoms with E-state index in [4.69, 9.17) is 9.47 Å². The zero-order valence-corrected chi connectivity index (χ0v) is 22.3. The molecule has 9 heteroatoms. The molecule has 2 heterocycles. The first-order chi connectivity index (χ1) is 18.5. The van der Waals surface area contributed by atoms with Crippen molar-refractivity contribution in [1.82, 2.24) is 20.0 Å². The first-order valence-corrected chi connectivity index (χ1v) is 13.0. The molecule has 0 spiro atoms. The van der Waals surface area contributed by atoms with E-state index < -0.39 is 0 Å². The first kappa shape index (κ1) is 26.9. The molecule has 2 aromatic carbocycles. The zero-order valence-electron chi connectivity index (χ0n) is 22.3. The van der Waals surface area contributed by atoms with Crippen LogP contribution in [0.5, 0.6) is 11.5 Å². The van der Waals surface area contributed by atoms with E-state index in [1.165, 1.54) is 0 Å². The van der Waals surface area contributed by atoms with Crippen LogP contribution in [0, 0.1) is 0 Å². The van der Waals surface area contributed by atoms with E-state index >= 15 is 0 Å². The second-order valence-corrected chi connectivity index (χ2v) is 9.19. The number of amides is 2. The number of hydrogen-bond acceptors (Lipinski definition) is 7. The fourth-order valence-corrected chi connectivity index (χ4v) is 4.55. The van der Waals surface area contributed by atoms with E-state index in [0.29, 0.717) is 37.5 Å². The lowest BCUT2D eigenvalue weighted by Crippen LogP contribution is -2.44. The highest BCUT2D eigenvalue weighted by atomic mass is 16.5. The molecule has 200 valence electrons. The molecule has 1 aromatic heterocycles. The molecular weight excluding hydrogens is 482 g/mol. The maximum atomic E-state index is 13.2. The lowest BCUT2D eigenvalue weighted by molar-refractivity contribution is -0.131. The normalized spacial score (nSPS) is 13.6. The van der Waals surface area contributed by atoms with E-state index in [0.717, 1.165) is 42.2 Å². The van der Waals surface area contributed by atoms with Crippen molar-refractivity contribution in [3.05, 3.63) is 66.2 Å². The third kappa shape index (κ3) is 6.59. The number of carbonyl (C=O) groups is 2. The summed E-state index contributed by atoms with van der Waals surface area (Å²) in [6.45, 7) is 5.19. The van der Waals surface area contributed by atoms with Crippen molar-refractivity contribution in [2.75, 3.05) is 58.4 Å². The Morgan fingerprint density at radius 2 is 1.66 bits per heavy atom. The highest BCUT2D eigenvalue weighted by Crippen LogP contribution is 2.23. The molecular formula is C29H35N5O4. The van der Waals surface area contributed by atoms with Gasteiger partial charge in [-0.1, -0.05) is 25.1 Å². The summed E-state index contributed by atoms with van der Waals surface area (Å²) in [4.78, 5) is 32.0. The monoisotopic (exact) mass is 517 g/mol. The molecule has 0 aliphatic carbocycles. The number of benzene rings is 2. The molecule has 0 atom stereocenters. The van der Waals surface area contributed by atoms with Gasteiger partial charge in [0.1, 0.15) is 18.0 Å². The topological polar surface area (TPSA) is 88.1 Å². The van der Waals surface area contributed by atoms with Crippen LogP contribution in [-0.4, -0.2) is 85.3 Å². The van der Waals surface area contributed by atoms with Crippen molar-refractivity contribution in [3.63, 3.8) is 0 Å². The van der Waals surface area contributed by atoms with Gasteiger partial charge in [-0.05, 0) is 55.3 Å². The second-order valence-electron chi connectivity index (χ2n) is 9.19. The average molecular weight is 518 g/mol. The lowest BCUT2D eigenvalue weighted by atomic mass is 10.1. The number of rotatable bonds is 9. The summed E-state index contributed by atoms with van der Waals surface area (Å²) in [6, 6.07) is 18.7. The van der Waals surface area contributed by atoms with Gasteiger partial charge < -0.3 is 24.2 Å². The Hall–Kier alpha value is -4.14. The maximum absolute atomic E-state index is 13.2. The van der Waals surface area contributed by atoms with E-state index in [1.54, 1.807) is 43.4 Å². The minimum absolute atomic E-state index is 0.0454. The number of methoxy groups -OCH3 is 2. The summed E-state index contributed by atoms with van der Waals surface area (Å²) < 4.78 is 10.6. The Labute approximate surface area is 224 Å². The van der Waals surface area contributed by atoms with Crippen molar-refractivity contribution < 1.29 is 19.1 Å². The van der Waals surface area contributed by atoms with Crippen LogP contribution in [0.25, 0.3) is 11.3 Å². The molecule has 0 saturated carbocycles. The number of ether oxygens (including phenoxy) is 2. The summed E-state index contributed by atoms with van der Waals surface area (Å²) in [5.41, 5.74) is 2.23. The van der Waals surface area contributed by atoms with Gasteiger partial charge in [0.25, 0.3) is 5.91 Å². The standard InChI is InChI=1S/C29H35N5O4/c1-4-14-34(29(36)23-9-6-11-25(20-23)38-3)21-28(35)33-16-7-15-32(17-18-33)27-13-12-26(30-31-27)22-8-5-10-24(19-22)37-2/h5-6,8-13,19-20H,4,7,14-18,21H2,1-3H3. The Balaban J connectivity index is 1.37. The predicted octanol–water partition coefficient (Wildman–Crippen LogP) is 3.75. The molecule has 1 saturated heterocycles. The molecule has 3 aromatic rings. The molecule has 0 N–H and O–H groups in total. The number of anilines is 1. The van der Waals surface area contributed by atoms with Gasteiger partial charge in [0.05, 0.1) is 19.9 Å².